The van der Waals surface area contributed by atoms with Crippen molar-refractivity contribution in [3.63, 3.8) is 0 Å². The molecule has 4 nitrogen and oxygen atoms in total. The lowest BCUT2D eigenvalue weighted by Crippen LogP contribution is -2.31. The summed E-state index contributed by atoms with van der Waals surface area (Å²) >= 11 is 0. The molecule has 2 rings (SSSR count). The first-order chi connectivity index (χ1) is 8.18. The first kappa shape index (κ1) is 12.4. The van der Waals surface area contributed by atoms with Crippen LogP contribution in [0, 0.1) is 0 Å². The highest BCUT2D eigenvalue weighted by molar-refractivity contribution is 5.13. The van der Waals surface area contributed by atoms with Gasteiger partial charge in [-0.1, -0.05) is 30.3 Å². The van der Waals surface area contributed by atoms with Gasteiger partial charge in [0.1, 0.15) is 12.2 Å². The van der Waals surface area contributed by atoms with E-state index in [9.17, 15) is 9.50 Å². The number of alkyl halides is 1. The van der Waals surface area contributed by atoms with Gasteiger partial charge >= 0.3 is 0 Å². The molecule has 17 heavy (non-hydrogen) atoms. The Balaban J connectivity index is 1.76. The Morgan fingerprint density at radius 3 is 2.53 bits per heavy atom. The minimum absolute atomic E-state index is 0.0491. The van der Waals surface area contributed by atoms with Crippen LogP contribution in [0.15, 0.2) is 30.3 Å². The molecule has 0 aliphatic carbocycles. The number of hydrogen-bond donors (Lipinski definition) is 2. The maximum Gasteiger partial charge on any atom is 0.189 e. The monoisotopic (exact) mass is 242 g/mol. The van der Waals surface area contributed by atoms with Crippen LogP contribution in [0.5, 0.6) is 0 Å². The lowest BCUT2D eigenvalue weighted by molar-refractivity contribution is -0.127. The van der Waals surface area contributed by atoms with Gasteiger partial charge in [-0.25, -0.2) is 4.39 Å². The van der Waals surface area contributed by atoms with Crippen molar-refractivity contribution in [3.8, 4) is 0 Å². The van der Waals surface area contributed by atoms with Crippen molar-refractivity contribution >= 4 is 0 Å². The summed E-state index contributed by atoms with van der Waals surface area (Å²) < 4.78 is 23.2. The molecule has 0 unspecified atom stereocenters. The maximum atomic E-state index is 13.0. The summed E-state index contributed by atoms with van der Waals surface area (Å²) in [5.74, 6) is 0. The molecular weight excluding hydrogens is 227 g/mol. The molecule has 1 aliphatic heterocycles. The Morgan fingerprint density at radius 1 is 1.24 bits per heavy atom. The third kappa shape index (κ3) is 3.01. The van der Waals surface area contributed by atoms with Crippen LogP contribution in [-0.2, 0) is 16.1 Å². The largest absolute Gasteiger partial charge is 0.387 e. The summed E-state index contributed by atoms with van der Waals surface area (Å²) in [6.07, 6.45) is -5.47. The predicted octanol–water partition coefficient (Wildman–Crippen LogP) is 0.619. The predicted molar refractivity (Wildman–Crippen MR) is 57.9 cm³/mol. The standard InChI is InChI=1S/C12H15FO4/c13-10-11(14)9(17-12(10)15)7-16-6-8-4-2-1-3-5-8/h1-5,9-12,14-15H,6-7H2/t9-,10-,11-,12-/m1/s1. The molecule has 0 amide bonds. The number of rotatable bonds is 4. The minimum Gasteiger partial charge on any atom is -0.387 e. The van der Waals surface area contributed by atoms with Crippen LogP contribution in [0.2, 0.25) is 0 Å². The highest BCUT2D eigenvalue weighted by atomic mass is 19.1. The van der Waals surface area contributed by atoms with Crippen molar-refractivity contribution in [2.75, 3.05) is 6.61 Å². The van der Waals surface area contributed by atoms with Crippen molar-refractivity contribution in [1.82, 2.24) is 0 Å². The van der Waals surface area contributed by atoms with Gasteiger partial charge in [0, 0.05) is 0 Å². The number of hydrogen-bond acceptors (Lipinski definition) is 4. The SMILES string of the molecule is O[C@H]1[C@@H](F)[C@H](O)O[C@@H]1COCc1ccccc1. The Labute approximate surface area is 98.6 Å². The molecular formula is C12H15FO4. The summed E-state index contributed by atoms with van der Waals surface area (Å²) in [6.45, 7) is 0.411. The minimum atomic E-state index is -1.76. The van der Waals surface area contributed by atoms with Crippen molar-refractivity contribution < 1.29 is 24.1 Å². The summed E-state index contributed by atoms with van der Waals surface area (Å²) in [5.41, 5.74) is 0.984. The molecule has 0 spiro atoms. The van der Waals surface area contributed by atoms with Crippen LogP contribution in [0.3, 0.4) is 0 Å². The molecule has 1 heterocycles. The van der Waals surface area contributed by atoms with Gasteiger partial charge in [-0.05, 0) is 5.56 Å². The van der Waals surface area contributed by atoms with Gasteiger partial charge in [-0.2, -0.15) is 0 Å². The van der Waals surface area contributed by atoms with Crippen molar-refractivity contribution in [2.24, 2.45) is 0 Å². The zero-order valence-electron chi connectivity index (χ0n) is 9.20. The van der Waals surface area contributed by atoms with Crippen LogP contribution >= 0.6 is 0 Å². The van der Waals surface area contributed by atoms with E-state index in [-0.39, 0.29) is 6.61 Å². The van der Waals surface area contributed by atoms with E-state index in [1.807, 2.05) is 30.3 Å². The first-order valence-electron chi connectivity index (χ1n) is 5.46. The third-order valence-electron chi connectivity index (χ3n) is 2.69. The molecule has 1 aromatic rings. The molecule has 0 bridgehead atoms. The van der Waals surface area contributed by atoms with Gasteiger partial charge in [-0.15, -0.1) is 0 Å². The van der Waals surface area contributed by atoms with Gasteiger partial charge in [0.25, 0.3) is 0 Å². The zero-order chi connectivity index (χ0) is 12.3. The molecule has 5 heteroatoms. The Kier molecular flexibility index (Phi) is 4.06. The quantitative estimate of drug-likeness (QED) is 0.812. The van der Waals surface area contributed by atoms with E-state index in [0.717, 1.165) is 5.56 Å². The van der Waals surface area contributed by atoms with E-state index in [4.69, 9.17) is 14.6 Å². The lowest BCUT2D eigenvalue weighted by atomic mass is 10.2. The second-order valence-electron chi connectivity index (χ2n) is 4.00. The molecule has 0 aromatic heterocycles. The average molecular weight is 242 g/mol. The summed E-state index contributed by atoms with van der Waals surface area (Å²) in [4.78, 5) is 0. The van der Waals surface area contributed by atoms with Gasteiger partial charge in [-0.3, -0.25) is 0 Å². The number of benzene rings is 1. The van der Waals surface area contributed by atoms with Crippen LogP contribution in [-0.4, -0.2) is 41.5 Å². The van der Waals surface area contributed by atoms with E-state index in [2.05, 4.69) is 0 Å². The van der Waals surface area contributed by atoms with E-state index in [1.165, 1.54) is 0 Å². The van der Waals surface area contributed by atoms with E-state index >= 15 is 0 Å². The normalized spacial score (nSPS) is 32.9. The Bertz CT molecular complexity index is 346. The van der Waals surface area contributed by atoms with Crippen molar-refractivity contribution in [2.45, 2.75) is 31.3 Å². The molecule has 94 valence electrons. The number of aliphatic hydroxyl groups excluding tert-OH is 2. The molecule has 1 saturated heterocycles. The highest BCUT2D eigenvalue weighted by Gasteiger charge is 2.43. The summed E-state index contributed by atoms with van der Waals surface area (Å²) in [6, 6.07) is 9.48. The van der Waals surface area contributed by atoms with Gasteiger partial charge in [0.2, 0.25) is 0 Å². The average Bonchev–Trinajstić information content (AvgIpc) is 2.59. The fourth-order valence-corrected chi connectivity index (χ4v) is 1.71. The molecule has 1 aliphatic rings. The number of ether oxygens (including phenoxy) is 2. The third-order valence-corrected chi connectivity index (χ3v) is 2.69. The molecule has 4 atom stereocenters. The molecule has 2 N–H and O–H groups in total. The lowest BCUT2D eigenvalue weighted by Gasteiger charge is -2.13. The van der Waals surface area contributed by atoms with Gasteiger partial charge in [0.15, 0.2) is 12.5 Å². The summed E-state index contributed by atoms with van der Waals surface area (Å²) in [7, 11) is 0. The topological polar surface area (TPSA) is 58.9 Å². The van der Waals surface area contributed by atoms with E-state index < -0.39 is 24.7 Å². The maximum absolute atomic E-state index is 13.0. The first-order valence-corrected chi connectivity index (χ1v) is 5.46. The second-order valence-corrected chi connectivity index (χ2v) is 4.00. The fraction of sp³-hybridized carbons (Fsp3) is 0.500. The number of halogens is 1. The highest BCUT2D eigenvalue weighted by Crippen LogP contribution is 2.22. The van der Waals surface area contributed by atoms with E-state index in [0.29, 0.717) is 6.61 Å². The Hall–Kier alpha value is -1.01. The fourth-order valence-electron chi connectivity index (χ4n) is 1.71. The molecule has 0 saturated carbocycles. The summed E-state index contributed by atoms with van der Waals surface area (Å²) in [5, 5.41) is 18.4. The van der Waals surface area contributed by atoms with Gasteiger partial charge in [0.05, 0.1) is 13.2 Å². The van der Waals surface area contributed by atoms with Crippen LogP contribution < -0.4 is 0 Å². The van der Waals surface area contributed by atoms with Crippen LogP contribution in [0.4, 0.5) is 4.39 Å². The van der Waals surface area contributed by atoms with Crippen LogP contribution in [0.1, 0.15) is 5.56 Å². The molecule has 1 aromatic carbocycles. The van der Waals surface area contributed by atoms with Crippen LogP contribution in [0.25, 0.3) is 0 Å². The number of aliphatic hydroxyl groups is 2. The smallest absolute Gasteiger partial charge is 0.189 e. The van der Waals surface area contributed by atoms with Gasteiger partial charge < -0.3 is 19.7 Å². The zero-order valence-corrected chi connectivity index (χ0v) is 9.20. The van der Waals surface area contributed by atoms with Crippen molar-refractivity contribution in [3.05, 3.63) is 35.9 Å². The Morgan fingerprint density at radius 2 is 1.94 bits per heavy atom. The van der Waals surface area contributed by atoms with E-state index in [1.54, 1.807) is 0 Å². The molecule has 1 fully saturated rings. The second kappa shape index (κ2) is 5.55. The molecule has 0 radical (unpaired) electrons. The van der Waals surface area contributed by atoms with Crippen molar-refractivity contribution in [1.29, 1.82) is 0 Å².